The Kier molecular flexibility index (Phi) is 6.14. The van der Waals surface area contributed by atoms with Gasteiger partial charge in [-0.1, -0.05) is 29.8 Å². The van der Waals surface area contributed by atoms with E-state index in [2.05, 4.69) is 20.1 Å². The van der Waals surface area contributed by atoms with E-state index >= 15 is 0 Å². The van der Waals surface area contributed by atoms with Gasteiger partial charge in [-0.25, -0.2) is 26.9 Å². The maximum Gasteiger partial charge on any atom is 0.240 e. The fraction of sp³-hybridized carbons (Fsp3) is 0.100. The van der Waals surface area contributed by atoms with Crippen molar-refractivity contribution in [1.82, 2.24) is 19.3 Å². The third-order valence-electron chi connectivity index (χ3n) is 4.67. The quantitative estimate of drug-likeness (QED) is 0.315. The van der Waals surface area contributed by atoms with Crippen LogP contribution in [0.5, 0.6) is 0 Å². The highest BCUT2D eigenvalue weighted by Gasteiger charge is 2.16. The summed E-state index contributed by atoms with van der Waals surface area (Å²) in [5, 5.41) is 7.97. The van der Waals surface area contributed by atoms with Gasteiger partial charge >= 0.3 is 0 Å². The molecular formula is C20H17BClF2N5O2S. The first-order valence-corrected chi connectivity index (χ1v) is 11.4. The minimum absolute atomic E-state index is 0.0358. The predicted molar refractivity (Wildman–Crippen MR) is 122 cm³/mol. The lowest BCUT2D eigenvalue weighted by atomic mass is 10.0. The Morgan fingerprint density at radius 3 is 2.50 bits per heavy atom. The van der Waals surface area contributed by atoms with E-state index in [-0.39, 0.29) is 13.1 Å². The molecule has 0 amide bonds. The average molecular weight is 476 g/mol. The fourth-order valence-corrected chi connectivity index (χ4v) is 4.45. The first-order valence-electron chi connectivity index (χ1n) is 9.54. The van der Waals surface area contributed by atoms with Crippen LogP contribution in [0.25, 0.3) is 16.9 Å². The normalized spacial score (nSPS) is 11.7. The Morgan fingerprint density at radius 1 is 1.06 bits per heavy atom. The van der Waals surface area contributed by atoms with Gasteiger partial charge in [0.05, 0.1) is 10.6 Å². The van der Waals surface area contributed by atoms with Crippen LogP contribution in [-0.4, -0.2) is 44.0 Å². The van der Waals surface area contributed by atoms with Crippen molar-refractivity contribution in [3.8, 4) is 11.3 Å². The number of aromatic nitrogens is 3. The van der Waals surface area contributed by atoms with Crippen LogP contribution in [0.1, 0.15) is 0 Å². The zero-order chi connectivity index (χ0) is 22.9. The molecule has 0 atom stereocenters. The molecule has 0 aliphatic heterocycles. The van der Waals surface area contributed by atoms with Crippen LogP contribution < -0.4 is 15.5 Å². The van der Waals surface area contributed by atoms with Crippen molar-refractivity contribution in [3.05, 3.63) is 71.4 Å². The van der Waals surface area contributed by atoms with Gasteiger partial charge in [-0.15, -0.1) is 0 Å². The van der Waals surface area contributed by atoms with Gasteiger partial charge in [0.25, 0.3) is 0 Å². The highest BCUT2D eigenvalue weighted by molar-refractivity contribution is 7.89. The minimum Gasteiger partial charge on any atom is -0.369 e. The molecule has 2 aromatic heterocycles. The molecule has 2 aromatic carbocycles. The van der Waals surface area contributed by atoms with Crippen molar-refractivity contribution in [2.24, 2.45) is 0 Å². The lowest BCUT2D eigenvalue weighted by Crippen LogP contribution is -2.29. The number of nitrogens with one attached hydrogen (secondary N) is 2. The predicted octanol–water partition coefficient (Wildman–Crippen LogP) is 1.98. The molecule has 0 fully saturated rings. The van der Waals surface area contributed by atoms with Crippen LogP contribution in [0.15, 0.2) is 59.6 Å². The molecule has 7 nitrogen and oxygen atoms in total. The summed E-state index contributed by atoms with van der Waals surface area (Å²) < 4.78 is 55.3. The van der Waals surface area contributed by atoms with E-state index in [0.29, 0.717) is 28.2 Å². The molecule has 0 saturated carbocycles. The first kappa shape index (κ1) is 22.2. The Bertz CT molecular complexity index is 1390. The summed E-state index contributed by atoms with van der Waals surface area (Å²) in [6.07, 6.45) is 1.67. The van der Waals surface area contributed by atoms with Gasteiger partial charge in [-0.05, 0) is 23.7 Å². The molecule has 0 unspecified atom stereocenters. The van der Waals surface area contributed by atoms with Crippen LogP contribution in [-0.2, 0) is 10.0 Å². The highest BCUT2D eigenvalue weighted by Crippen LogP contribution is 2.28. The Balaban J connectivity index is 1.54. The second-order valence-corrected chi connectivity index (χ2v) is 9.17. The van der Waals surface area contributed by atoms with E-state index in [0.717, 1.165) is 23.2 Å². The molecule has 0 saturated heterocycles. The third kappa shape index (κ3) is 4.59. The maximum atomic E-state index is 13.4. The standard InChI is InChI=1S/C20H17BClF2N5O2S/c21-16-11-26-29-19(10-18(28-20(16)29)15-3-1-2-4-17(15)22)25-5-6-27-32(30,31)14-8-12(23)7-13(24)9-14/h1-4,7-11,25,27H,5-6,21H2. The molecule has 0 spiro atoms. The van der Waals surface area contributed by atoms with Crippen molar-refractivity contribution >= 4 is 46.4 Å². The van der Waals surface area contributed by atoms with Gasteiger partial charge < -0.3 is 5.32 Å². The molecular weight excluding hydrogens is 459 g/mol. The molecule has 164 valence electrons. The van der Waals surface area contributed by atoms with Gasteiger partial charge in [0, 0.05) is 42.0 Å². The summed E-state index contributed by atoms with van der Waals surface area (Å²) in [4.78, 5) is 4.16. The number of nitrogens with zero attached hydrogens (tertiary/aromatic N) is 3. The summed E-state index contributed by atoms with van der Waals surface area (Å²) in [5.41, 5.74) is 2.86. The Labute approximate surface area is 188 Å². The smallest absolute Gasteiger partial charge is 0.240 e. The summed E-state index contributed by atoms with van der Waals surface area (Å²) in [5.74, 6) is -1.36. The minimum atomic E-state index is -4.08. The van der Waals surface area contributed by atoms with Gasteiger partial charge in [0.1, 0.15) is 25.3 Å². The molecule has 2 heterocycles. The van der Waals surface area contributed by atoms with Crippen LogP contribution in [0.4, 0.5) is 14.6 Å². The topological polar surface area (TPSA) is 88.4 Å². The summed E-state index contributed by atoms with van der Waals surface area (Å²) in [6.45, 7) is 0.142. The van der Waals surface area contributed by atoms with Gasteiger partial charge in [0.2, 0.25) is 10.0 Å². The SMILES string of the molecule is Bc1cnn2c(NCCNS(=O)(=O)c3cc(F)cc(F)c3)cc(-c3ccccc3Cl)nc12. The monoisotopic (exact) mass is 475 g/mol. The highest BCUT2D eigenvalue weighted by atomic mass is 35.5. The molecule has 0 aliphatic rings. The third-order valence-corrected chi connectivity index (χ3v) is 6.44. The lowest BCUT2D eigenvalue weighted by molar-refractivity contribution is 0.562. The summed E-state index contributed by atoms with van der Waals surface area (Å²) in [6, 6.07) is 11.2. The van der Waals surface area contributed by atoms with Gasteiger partial charge in [-0.2, -0.15) is 9.61 Å². The first-order chi connectivity index (χ1) is 15.2. The van der Waals surface area contributed by atoms with Crippen molar-refractivity contribution in [1.29, 1.82) is 0 Å². The second-order valence-electron chi connectivity index (χ2n) is 7.00. The van der Waals surface area contributed by atoms with Crippen LogP contribution >= 0.6 is 11.6 Å². The molecule has 4 aromatic rings. The molecule has 0 aliphatic carbocycles. The number of anilines is 1. The lowest BCUT2D eigenvalue weighted by Gasteiger charge is -2.12. The van der Waals surface area contributed by atoms with Crippen molar-refractivity contribution in [3.63, 3.8) is 0 Å². The van der Waals surface area contributed by atoms with E-state index in [1.807, 2.05) is 26.0 Å². The van der Waals surface area contributed by atoms with Crippen LogP contribution in [0, 0.1) is 11.6 Å². The van der Waals surface area contributed by atoms with E-state index in [1.54, 1.807) is 22.8 Å². The van der Waals surface area contributed by atoms with Crippen LogP contribution in [0.3, 0.4) is 0 Å². The zero-order valence-electron chi connectivity index (χ0n) is 16.8. The molecule has 2 N–H and O–H groups in total. The molecule has 0 bridgehead atoms. The van der Waals surface area contributed by atoms with E-state index < -0.39 is 26.6 Å². The molecule has 12 heteroatoms. The van der Waals surface area contributed by atoms with Crippen molar-refractivity contribution in [2.45, 2.75) is 4.90 Å². The van der Waals surface area contributed by atoms with E-state index in [4.69, 9.17) is 11.6 Å². The average Bonchev–Trinajstić information content (AvgIpc) is 3.12. The molecule has 32 heavy (non-hydrogen) atoms. The summed E-state index contributed by atoms with van der Waals surface area (Å²) >= 11 is 6.32. The van der Waals surface area contributed by atoms with Crippen LogP contribution in [0.2, 0.25) is 5.02 Å². The van der Waals surface area contributed by atoms with Gasteiger partial charge in [0.15, 0.2) is 5.65 Å². The Morgan fingerprint density at radius 2 is 1.78 bits per heavy atom. The Hall–Kier alpha value is -3.02. The van der Waals surface area contributed by atoms with Gasteiger partial charge in [-0.3, -0.25) is 0 Å². The van der Waals surface area contributed by atoms with E-state index in [1.165, 1.54) is 0 Å². The van der Waals surface area contributed by atoms with E-state index in [9.17, 15) is 17.2 Å². The number of sulfonamides is 1. The number of hydrogen-bond donors (Lipinski definition) is 2. The molecule has 4 rings (SSSR count). The maximum absolute atomic E-state index is 13.4. The van der Waals surface area contributed by atoms with Crippen molar-refractivity contribution in [2.75, 3.05) is 18.4 Å². The zero-order valence-corrected chi connectivity index (χ0v) is 18.4. The summed E-state index contributed by atoms with van der Waals surface area (Å²) in [7, 11) is -2.20. The van der Waals surface area contributed by atoms with Crippen molar-refractivity contribution < 1.29 is 17.2 Å². The number of halogens is 3. The second kappa shape index (κ2) is 8.85. The number of rotatable bonds is 7. The molecule has 0 radical (unpaired) electrons. The number of hydrogen-bond acceptors (Lipinski definition) is 5. The fourth-order valence-electron chi connectivity index (χ4n) is 3.15. The number of benzene rings is 2. The largest absolute Gasteiger partial charge is 0.369 e. The number of fused-ring (bicyclic) bond motifs is 1.